The van der Waals surface area contributed by atoms with Crippen molar-refractivity contribution >= 4 is 43.3 Å². The number of nitriles is 1. The van der Waals surface area contributed by atoms with Crippen molar-refractivity contribution in [2.24, 2.45) is 0 Å². The molecule has 0 amide bonds. The van der Waals surface area contributed by atoms with Gasteiger partial charge < -0.3 is 20.7 Å². The van der Waals surface area contributed by atoms with Crippen LogP contribution in [0, 0.1) is 23.0 Å². The van der Waals surface area contributed by atoms with Gasteiger partial charge in [-0.05, 0) is 31.4 Å². The fourth-order valence-corrected chi connectivity index (χ4v) is 7.50. The molecule has 3 aliphatic rings. The molecular formula is C28H28F2N8OS. The number of nitrogens with one attached hydrogen (secondary N) is 1. The number of fused-ring (bicyclic) bond motifs is 4. The van der Waals surface area contributed by atoms with Gasteiger partial charge in [0.15, 0.2) is 11.6 Å². The Morgan fingerprint density at radius 1 is 1.12 bits per heavy atom. The molecule has 9 nitrogen and oxygen atoms in total. The van der Waals surface area contributed by atoms with Gasteiger partial charge in [-0.3, -0.25) is 9.88 Å². The Morgan fingerprint density at radius 3 is 2.67 bits per heavy atom. The van der Waals surface area contributed by atoms with Gasteiger partial charge in [0.2, 0.25) is 5.95 Å². The number of nitrogens with two attached hydrogens (primary N) is 1. The van der Waals surface area contributed by atoms with Crippen molar-refractivity contribution in [1.82, 2.24) is 25.2 Å². The van der Waals surface area contributed by atoms with E-state index in [0.717, 1.165) is 55.7 Å². The third-order valence-electron chi connectivity index (χ3n) is 8.28. The third-order valence-corrected chi connectivity index (χ3v) is 9.31. The lowest BCUT2D eigenvalue weighted by Crippen LogP contribution is -2.57. The lowest BCUT2D eigenvalue weighted by Gasteiger charge is -2.39. The lowest BCUT2D eigenvalue weighted by atomic mass is 9.94. The third kappa shape index (κ3) is 3.91. The van der Waals surface area contributed by atoms with Crippen LogP contribution in [-0.2, 0) is 18.0 Å². The van der Waals surface area contributed by atoms with Crippen molar-refractivity contribution in [3.8, 4) is 17.3 Å². The number of piperazine rings is 1. The highest BCUT2D eigenvalue weighted by atomic mass is 32.1. The topological polar surface area (TPSA) is 116 Å². The van der Waals surface area contributed by atoms with Crippen molar-refractivity contribution < 1.29 is 13.5 Å². The first-order chi connectivity index (χ1) is 19.3. The summed E-state index contributed by atoms with van der Waals surface area (Å²) in [5.74, 6) is -0.713. The maximum absolute atomic E-state index is 16.6. The molecular weight excluding hydrogens is 534 g/mol. The summed E-state index contributed by atoms with van der Waals surface area (Å²) in [7, 11) is 0. The van der Waals surface area contributed by atoms with E-state index in [1.807, 2.05) is 6.07 Å². The van der Waals surface area contributed by atoms with E-state index in [1.165, 1.54) is 0 Å². The zero-order valence-corrected chi connectivity index (χ0v) is 23.0. The zero-order valence-electron chi connectivity index (χ0n) is 22.2. The van der Waals surface area contributed by atoms with Crippen molar-refractivity contribution in [3.05, 3.63) is 40.7 Å². The minimum Gasteiger partial charge on any atom is -0.389 e. The Labute approximate surface area is 233 Å². The summed E-state index contributed by atoms with van der Waals surface area (Å²) in [5.41, 5.74) is 8.03. The van der Waals surface area contributed by atoms with Crippen molar-refractivity contribution in [1.29, 1.82) is 5.26 Å². The van der Waals surface area contributed by atoms with Crippen LogP contribution in [0.1, 0.15) is 37.0 Å². The first-order valence-electron chi connectivity index (χ1n) is 13.4. The fourth-order valence-electron chi connectivity index (χ4n) is 6.58. The second kappa shape index (κ2) is 9.55. The summed E-state index contributed by atoms with van der Waals surface area (Å²) in [6.07, 6.45) is 3.71. The second-order valence-electron chi connectivity index (χ2n) is 11.0. The van der Waals surface area contributed by atoms with Gasteiger partial charge in [-0.25, -0.2) is 18.7 Å². The molecule has 2 fully saturated rings. The Kier molecular flexibility index (Phi) is 6.08. The number of anilines is 2. The molecule has 2 saturated heterocycles. The molecule has 40 heavy (non-hydrogen) atoms. The molecule has 1 aromatic carbocycles. The Morgan fingerprint density at radius 2 is 1.90 bits per heavy atom. The van der Waals surface area contributed by atoms with Crippen LogP contribution in [0.15, 0.2) is 12.4 Å². The zero-order chi connectivity index (χ0) is 27.7. The summed E-state index contributed by atoms with van der Waals surface area (Å²) < 4.78 is 37.2. The number of nitrogen functional groups attached to an aromatic ring is 1. The molecule has 206 valence electrons. The smallest absolute Gasteiger partial charge is 0.226 e. The molecule has 3 atom stereocenters. The van der Waals surface area contributed by atoms with E-state index >= 15 is 4.39 Å². The Balaban J connectivity index is 1.33. The van der Waals surface area contributed by atoms with Gasteiger partial charge in [-0.2, -0.15) is 5.26 Å². The second-order valence-corrected chi connectivity index (χ2v) is 12.0. The monoisotopic (exact) mass is 562 g/mol. The van der Waals surface area contributed by atoms with Crippen molar-refractivity contribution in [2.45, 2.75) is 51.6 Å². The molecule has 0 unspecified atom stereocenters. The number of aromatic nitrogens is 3. The van der Waals surface area contributed by atoms with Crippen LogP contribution in [0.5, 0.6) is 0 Å². The van der Waals surface area contributed by atoms with E-state index in [-0.39, 0.29) is 50.6 Å². The summed E-state index contributed by atoms with van der Waals surface area (Å²) in [5, 5.41) is 14.3. The Bertz CT molecular complexity index is 1710. The first kappa shape index (κ1) is 25.5. The summed E-state index contributed by atoms with van der Waals surface area (Å²) >= 11 is 0.959. The molecule has 0 radical (unpaired) electrons. The van der Waals surface area contributed by atoms with E-state index in [1.54, 1.807) is 6.20 Å². The van der Waals surface area contributed by atoms with Gasteiger partial charge >= 0.3 is 0 Å². The fraction of sp³-hybridized carbons (Fsp3) is 0.429. The van der Waals surface area contributed by atoms with Crippen molar-refractivity contribution in [3.63, 3.8) is 0 Å². The van der Waals surface area contributed by atoms with Crippen LogP contribution in [-0.4, -0.2) is 64.2 Å². The minimum atomic E-state index is -0.604. The van der Waals surface area contributed by atoms with E-state index in [9.17, 15) is 9.65 Å². The largest absolute Gasteiger partial charge is 0.389 e. The molecule has 3 aliphatic heterocycles. The van der Waals surface area contributed by atoms with Crippen LogP contribution >= 0.6 is 11.3 Å². The van der Waals surface area contributed by atoms with Crippen LogP contribution in [0.4, 0.5) is 19.7 Å². The maximum atomic E-state index is 16.6. The minimum absolute atomic E-state index is 0.0946. The molecule has 0 bridgehead atoms. The van der Waals surface area contributed by atoms with Gasteiger partial charge in [0.25, 0.3) is 0 Å². The number of thiophene rings is 1. The van der Waals surface area contributed by atoms with Gasteiger partial charge in [0, 0.05) is 66.8 Å². The van der Waals surface area contributed by atoms with E-state index in [0.29, 0.717) is 35.0 Å². The standard InChI is InChI=1S/C28H28F2N8OS/c1-13-8-38(9-14(2)35-13)15-3-4-37(10-15)28-34-6-17-18-11-39-12-19(18)21(23(30)24(17)36-28)25-22-16(5-31)27(32)40-26(22)20(29)7-33-25/h6-7,13-15,35H,3-4,8-12,32H2,1-2H3/t13-,14-,15+/m0/s1. The van der Waals surface area contributed by atoms with E-state index in [2.05, 4.69) is 38.9 Å². The molecule has 4 aromatic rings. The SMILES string of the molecule is C[C@H]1CN([C@@H]2CCN(c3ncc4c5c(c(-c6ncc(F)c7sc(N)c(C#N)c67)c(F)c4n3)COC5)C2)C[C@H](C)N1. The van der Waals surface area contributed by atoms with Crippen LogP contribution in [0.3, 0.4) is 0 Å². The van der Waals surface area contributed by atoms with Gasteiger partial charge in [0.1, 0.15) is 16.6 Å². The average Bonchev–Trinajstić information content (AvgIpc) is 3.68. The average molecular weight is 563 g/mol. The summed E-state index contributed by atoms with van der Waals surface area (Å²) in [6.45, 7) is 8.38. The van der Waals surface area contributed by atoms with Crippen molar-refractivity contribution in [2.75, 3.05) is 36.8 Å². The number of ether oxygens (including phenoxy) is 1. The number of pyridine rings is 1. The quantitative estimate of drug-likeness (QED) is 0.383. The molecule has 7 rings (SSSR count). The normalized spacial score (nSPS) is 23.3. The van der Waals surface area contributed by atoms with Gasteiger partial charge in [-0.1, -0.05) is 0 Å². The van der Waals surface area contributed by atoms with E-state index in [4.69, 9.17) is 15.5 Å². The number of halogens is 2. The maximum Gasteiger partial charge on any atom is 0.226 e. The van der Waals surface area contributed by atoms with Gasteiger partial charge in [0.05, 0.1) is 35.4 Å². The summed E-state index contributed by atoms with van der Waals surface area (Å²) in [6, 6.07) is 3.29. The number of benzene rings is 1. The molecule has 6 heterocycles. The highest BCUT2D eigenvalue weighted by Crippen LogP contribution is 2.45. The molecule has 3 N–H and O–H groups in total. The molecule has 0 aliphatic carbocycles. The molecule has 12 heteroatoms. The number of nitrogens with zero attached hydrogens (tertiary/aromatic N) is 6. The van der Waals surface area contributed by atoms with Crippen LogP contribution in [0.2, 0.25) is 0 Å². The summed E-state index contributed by atoms with van der Waals surface area (Å²) in [4.78, 5) is 18.3. The predicted octanol–water partition coefficient (Wildman–Crippen LogP) is 3.93. The highest BCUT2D eigenvalue weighted by molar-refractivity contribution is 7.23. The number of hydrogen-bond donors (Lipinski definition) is 2. The molecule has 0 saturated carbocycles. The van der Waals surface area contributed by atoms with Gasteiger partial charge in [-0.15, -0.1) is 11.3 Å². The lowest BCUT2D eigenvalue weighted by molar-refractivity contribution is 0.132. The van der Waals surface area contributed by atoms with Crippen LogP contribution < -0.4 is 16.0 Å². The Hall–Kier alpha value is -3.50. The van der Waals surface area contributed by atoms with E-state index < -0.39 is 11.6 Å². The van der Waals surface area contributed by atoms with Crippen LogP contribution in [0.25, 0.3) is 32.2 Å². The predicted molar refractivity (Wildman–Crippen MR) is 150 cm³/mol. The molecule has 3 aromatic heterocycles. The number of rotatable bonds is 3. The first-order valence-corrected chi connectivity index (χ1v) is 14.2. The number of hydrogen-bond acceptors (Lipinski definition) is 10. The highest BCUT2D eigenvalue weighted by Gasteiger charge is 2.34. The molecule has 0 spiro atoms.